The van der Waals surface area contributed by atoms with Crippen molar-refractivity contribution in [1.29, 1.82) is 0 Å². The number of fused-ring (bicyclic) bond motifs is 2. The Morgan fingerprint density at radius 2 is 2.11 bits per heavy atom. The summed E-state index contributed by atoms with van der Waals surface area (Å²) in [5, 5.41) is 22.8. The van der Waals surface area contributed by atoms with Gasteiger partial charge in [-0.3, -0.25) is 15.0 Å². The van der Waals surface area contributed by atoms with Crippen LogP contribution in [0.15, 0.2) is 36.5 Å². The molecule has 136 valence electrons. The van der Waals surface area contributed by atoms with Crippen molar-refractivity contribution in [3.8, 4) is 11.3 Å². The molecule has 3 aromatic heterocycles. The van der Waals surface area contributed by atoms with Gasteiger partial charge in [-0.15, -0.1) is 0 Å². The molecule has 0 aliphatic heterocycles. The third kappa shape index (κ3) is 2.61. The molecule has 0 fully saturated rings. The van der Waals surface area contributed by atoms with Crippen LogP contribution >= 0.6 is 0 Å². The van der Waals surface area contributed by atoms with Gasteiger partial charge >= 0.3 is 0 Å². The maximum absolute atomic E-state index is 12.9. The summed E-state index contributed by atoms with van der Waals surface area (Å²) in [4.78, 5) is 12.9. The predicted molar refractivity (Wildman–Crippen MR) is 101 cm³/mol. The molecule has 0 saturated carbocycles. The minimum Gasteiger partial charge on any atom is -0.310 e. The van der Waals surface area contributed by atoms with Gasteiger partial charge in [-0.1, -0.05) is 30.3 Å². The Morgan fingerprint density at radius 1 is 1.26 bits per heavy atom. The van der Waals surface area contributed by atoms with E-state index in [0.717, 1.165) is 35.2 Å². The van der Waals surface area contributed by atoms with Gasteiger partial charge in [0, 0.05) is 30.6 Å². The second-order valence-electron chi connectivity index (χ2n) is 6.94. The molecule has 3 N–H and O–H groups in total. The highest BCUT2D eigenvalue weighted by Crippen LogP contribution is 2.32. The second kappa shape index (κ2) is 6.08. The number of nitrogens with zero attached hydrogens (tertiary/aromatic N) is 4. The van der Waals surface area contributed by atoms with Gasteiger partial charge in [0.05, 0.1) is 11.6 Å². The van der Waals surface area contributed by atoms with Crippen LogP contribution in [-0.4, -0.2) is 36.1 Å². The van der Waals surface area contributed by atoms with Crippen LogP contribution in [0.3, 0.4) is 0 Å². The first-order valence-corrected chi connectivity index (χ1v) is 8.99. The average molecular weight is 361 g/mol. The number of carbonyl (C=O) groups is 1. The van der Waals surface area contributed by atoms with E-state index in [2.05, 4.69) is 30.8 Å². The van der Waals surface area contributed by atoms with E-state index in [1.54, 1.807) is 4.68 Å². The van der Waals surface area contributed by atoms with E-state index in [4.69, 9.17) is 0 Å². The predicted octanol–water partition coefficient (Wildman–Crippen LogP) is 2.43. The second-order valence-corrected chi connectivity index (χ2v) is 6.94. The molecule has 1 amide bonds. The number of rotatable bonds is 3. The number of nitrogens with one attached hydrogen (secondary N) is 3. The highest BCUT2D eigenvalue weighted by molar-refractivity contribution is 6.05. The summed E-state index contributed by atoms with van der Waals surface area (Å²) in [5.41, 5.74) is 4.77. The molecule has 1 aliphatic carbocycles. The van der Waals surface area contributed by atoms with Crippen LogP contribution in [0.2, 0.25) is 0 Å². The summed E-state index contributed by atoms with van der Waals surface area (Å²) in [6.45, 7) is 0. The number of benzene rings is 1. The van der Waals surface area contributed by atoms with E-state index in [9.17, 15) is 4.79 Å². The van der Waals surface area contributed by atoms with Gasteiger partial charge in [0.1, 0.15) is 11.5 Å². The molecule has 8 heteroatoms. The SMILES string of the molecule is Cn1nc(-c2ccccc2)c2c(NC(=O)C3CCc4cn[nH]c4C3)[nH]nc21. The van der Waals surface area contributed by atoms with Crippen LogP contribution in [-0.2, 0) is 24.7 Å². The maximum atomic E-state index is 12.9. The molecule has 0 radical (unpaired) electrons. The molecule has 4 aromatic rings. The number of H-pyrrole nitrogens is 2. The Labute approximate surface area is 155 Å². The number of amides is 1. The summed E-state index contributed by atoms with van der Waals surface area (Å²) in [6.07, 6.45) is 4.21. The number of anilines is 1. The third-order valence-electron chi connectivity index (χ3n) is 5.23. The smallest absolute Gasteiger partial charge is 0.229 e. The Hall–Kier alpha value is -3.42. The lowest BCUT2D eigenvalue weighted by Crippen LogP contribution is -2.28. The maximum Gasteiger partial charge on any atom is 0.229 e. The van der Waals surface area contributed by atoms with Gasteiger partial charge in [-0.05, 0) is 18.4 Å². The highest BCUT2D eigenvalue weighted by Gasteiger charge is 2.27. The van der Waals surface area contributed by atoms with Crippen molar-refractivity contribution in [3.63, 3.8) is 0 Å². The van der Waals surface area contributed by atoms with Crippen LogP contribution in [0, 0.1) is 5.92 Å². The van der Waals surface area contributed by atoms with Crippen LogP contribution < -0.4 is 5.32 Å². The van der Waals surface area contributed by atoms with Crippen LogP contribution in [0.25, 0.3) is 22.3 Å². The molecular formula is C19H19N7O. The van der Waals surface area contributed by atoms with Crippen molar-refractivity contribution in [2.45, 2.75) is 19.3 Å². The van der Waals surface area contributed by atoms with Gasteiger partial charge in [-0.2, -0.15) is 15.3 Å². The van der Waals surface area contributed by atoms with Crippen molar-refractivity contribution < 1.29 is 4.79 Å². The molecule has 5 rings (SSSR count). The van der Waals surface area contributed by atoms with Gasteiger partial charge in [-0.25, -0.2) is 4.68 Å². The monoisotopic (exact) mass is 361 g/mol. The van der Waals surface area contributed by atoms with Crippen LogP contribution in [0.5, 0.6) is 0 Å². The first-order chi connectivity index (χ1) is 13.2. The Balaban J connectivity index is 1.47. The molecule has 0 bridgehead atoms. The number of hydrogen-bond acceptors (Lipinski definition) is 4. The lowest BCUT2D eigenvalue weighted by Gasteiger charge is -2.20. The molecule has 1 aliphatic rings. The normalized spacial score (nSPS) is 16.4. The minimum absolute atomic E-state index is 0.0105. The fourth-order valence-electron chi connectivity index (χ4n) is 3.78. The van der Waals surface area contributed by atoms with Crippen molar-refractivity contribution in [1.82, 2.24) is 30.2 Å². The van der Waals surface area contributed by atoms with E-state index in [0.29, 0.717) is 17.9 Å². The van der Waals surface area contributed by atoms with Gasteiger partial charge in [0.25, 0.3) is 0 Å². The molecule has 27 heavy (non-hydrogen) atoms. The standard InChI is InChI=1S/C19H19N7O/c1-26-18-15(16(25-26)11-5-3-2-4-6-11)17(23-24-18)21-19(27)12-7-8-13-10-20-22-14(13)9-12/h2-6,10,12H,7-9H2,1H3,(H,20,22)(H2,21,23,24,27). The average Bonchev–Trinajstić information content (AvgIpc) is 3.39. The van der Waals surface area contributed by atoms with E-state index in [-0.39, 0.29) is 11.8 Å². The lowest BCUT2D eigenvalue weighted by molar-refractivity contribution is -0.120. The summed E-state index contributed by atoms with van der Waals surface area (Å²) in [5.74, 6) is 0.495. The summed E-state index contributed by atoms with van der Waals surface area (Å²) < 4.78 is 1.72. The molecule has 3 heterocycles. The minimum atomic E-state index is -0.0897. The van der Waals surface area contributed by atoms with Crippen molar-refractivity contribution >= 4 is 22.8 Å². The Morgan fingerprint density at radius 3 is 2.96 bits per heavy atom. The van der Waals surface area contributed by atoms with E-state index >= 15 is 0 Å². The summed E-state index contributed by atoms with van der Waals surface area (Å²) >= 11 is 0. The van der Waals surface area contributed by atoms with Crippen LogP contribution in [0.4, 0.5) is 5.82 Å². The van der Waals surface area contributed by atoms with E-state index in [1.165, 1.54) is 5.56 Å². The van der Waals surface area contributed by atoms with Gasteiger partial charge < -0.3 is 5.32 Å². The van der Waals surface area contributed by atoms with E-state index < -0.39 is 0 Å². The molecular weight excluding hydrogens is 342 g/mol. The largest absolute Gasteiger partial charge is 0.310 e. The molecule has 1 aromatic carbocycles. The number of hydrogen-bond donors (Lipinski definition) is 3. The number of aromatic amines is 2. The van der Waals surface area contributed by atoms with Gasteiger partial charge in [0.15, 0.2) is 5.65 Å². The molecule has 0 spiro atoms. The fraction of sp³-hybridized carbons (Fsp3) is 0.263. The lowest BCUT2D eigenvalue weighted by atomic mass is 9.87. The number of carbonyl (C=O) groups excluding carboxylic acids is 1. The Kier molecular flexibility index (Phi) is 3.56. The third-order valence-corrected chi connectivity index (χ3v) is 5.23. The summed E-state index contributed by atoms with van der Waals surface area (Å²) in [6, 6.07) is 9.91. The van der Waals surface area contributed by atoms with Crippen molar-refractivity contribution in [2.75, 3.05) is 5.32 Å². The van der Waals surface area contributed by atoms with Crippen molar-refractivity contribution in [2.24, 2.45) is 13.0 Å². The molecule has 1 atom stereocenters. The quantitative estimate of drug-likeness (QED) is 0.521. The van der Waals surface area contributed by atoms with E-state index in [1.807, 2.05) is 43.6 Å². The molecule has 0 saturated heterocycles. The molecule has 8 nitrogen and oxygen atoms in total. The zero-order valence-corrected chi connectivity index (χ0v) is 14.9. The zero-order chi connectivity index (χ0) is 18.4. The van der Waals surface area contributed by atoms with Crippen molar-refractivity contribution in [3.05, 3.63) is 47.8 Å². The number of aryl methyl sites for hydroxylation is 2. The Bertz CT molecular complexity index is 1120. The fourth-order valence-corrected chi connectivity index (χ4v) is 3.78. The first kappa shape index (κ1) is 15.8. The van der Waals surface area contributed by atoms with Crippen LogP contribution in [0.1, 0.15) is 17.7 Å². The summed E-state index contributed by atoms with van der Waals surface area (Å²) in [7, 11) is 1.85. The molecule has 1 unspecified atom stereocenters. The van der Waals surface area contributed by atoms with Gasteiger partial charge in [0.2, 0.25) is 5.91 Å². The topological polar surface area (TPSA) is 104 Å². The zero-order valence-electron chi connectivity index (χ0n) is 14.9. The first-order valence-electron chi connectivity index (χ1n) is 8.99. The highest BCUT2D eigenvalue weighted by atomic mass is 16.2. The number of aromatic nitrogens is 6.